The maximum atomic E-state index is 13.2. The van der Waals surface area contributed by atoms with Gasteiger partial charge in [0, 0.05) is 16.5 Å². The van der Waals surface area contributed by atoms with Gasteiger partial charge in [0.25, 0.3) is 5.91 Å². The van der Waals surface area contributed by atoms with Crippen LogP contribution < -0.4 is 4.90 Å². The topological polar surface area (TPSA) is 66.8 Å². The van der Waals surface area contributed by atoms with Gasteiger partial charge in [-0.25, -0.2) is 8.42 Å². The second-order valence-corrected chi connectivity index (χ2v) is 10.1. The van der Waals surface area contributed by atoms with Crippen LogP contribution in [0.1, 0.15) is 15.9 Å². The molecule has 4 rings (SSSR count). The first kappa shape index (κ1) is 20.0. The lowest BCUT2D eigenvalue weighted by molar-refractivity contribution is -0.137. The predicted octanol–water partition coefficient (Wildman–Crippen LogP) is 3.62. The number of halogens is 3. The summed E-state index contributed by atoms with van der Waals surface area (Å²) < 4.78 is 63.7. The van der Waals surface area contributed by atoms with E-state index in [9.17, 15) is 26.4 Å². The largest absolute Gasteiger partial charge is 0.416 e. The molecule has 1 amide bonds. The van der Waals surface area contributed by atoms with E-state index < -0.39 is 38.8 Å². The van der Waals surface area contributed by atoms with E-state index in [0.29, 0.717) is 5.56 Å². The monoisotopic (exact) mass is 440 g/mol. The molecule has 2 aromatic rings. The van der Waals surface area contributed by atoms with Crippen LogP contribution in [0.3, 0.4) is 0 Å². The van der Waals surface area contributed by atoms with Gasteiger partial charge in [-0.1, -0.05) is 36.0 Å². The van der Waals surface area contributed by atoms with E-state index in [1.165, 1.54) is 17.0 Å². The van der Waals surface area contributed by atoms with E-state index in [0.717, 1.165) is 23.9 Å². The molecule has 2 saturated heterocycles. The maximum absolute atomic E-state index is 13.2. The summed E-state index contributed by atoms with van der Waals surface area (Å²) in [5, 5.41) is -0.181. The number of benzene rings is 2. The first-order chi connectivity index (χ1) is 13.6. The van der Waals surface area contributed by atoms with Crippen LogP contribution >= 0.6 is 11.8 Å². The second kappa shape index (κ2) is 7.17. The summed E-state index contributed by atoms with van der Waals surface area (Å²) in [4.78, 5) is 18.1. The zero-order chi connectivity index (χ0) is 20.8. The Hall–Kier alpha value is -2.33. The van der Waals surface area contributed by atoms with E-state index in [4.69, 9.17) is 0 Å². The van der Waals surface area contributed by atoms with Crippen molar-refractivity contribution in [2.75, 3.05) is 16.4 Å². The summed E-state index contributed by atoms with van der Waals surface area (Å²) in [6.45, 7) is 0. The number of anilines is 1. The SMILES string of the molecule is O=C(N=C1S[C@@H]2CS(=O)(=O)C[C@@H]2N1c1cccc(C(F)(F)F)c1)c1ccccc1. The van der Waals surface area contributed by atoms with Crippen molar-refractivity contribution in [3.8, 4) is 0 Å². The first-order valence-corrected chi connectivity index (χ1v) is 11.4. The van der Waals surface area contributed by atoms with E-state index in [1.54, 1.807) is 30.3 Å². The average molecular weight is 440 g/mol. The smallest absolute Gasteiger partial charge is 0.316 e. The van der Waals surface area contributed by atoms with Crippen LogP contribution in [0.25, 0.3) is 0 Å². The standard InChI is InChI=1S/C19H15F3N2O3S2/c20-19(21,22)13-7-4-8-14(9-13)24-15-10-29(26,27)11-16(15)28-18(24)23-17(25)12-5-2-1-3-6-12/h1-9,15-16H,10-11H2/t15-,16+/m0/s1. The average Bonchev–Trinajstić information content (AvgIpc) is 3.12. The van der Waals surface area contributed by atoms with Crippen molar-refractivity contribution < 1.29 is 26.4 Å². The lowest BCUT2D eigenvalue weighted by atomic mass is 10.1. The molecular weight excluding hydrogens is 425 g/mol. The maximum Gasteiger partial charge on any atom is 0.416 e. The Morgan fingerprint density at radius 2 is 1.79 bits per heavy atom. The van der Waals surface area contributed by atoms with E-state index in [2.05, 4.69) is 4.99 Å². The van der Waals surface area contributed by atoms with Crippen molar-refractivity contribution >= 4 is 38.4 Å². The molecule has 0 bridgehead atoms. The molecule has 2 aliphatic rings. The van der Waals surface area contributed by atoms with Gasteiger partial charge >= 0.3 is 6.18 Å². The number of fused-ring (bicyclic) bond motifs is 1. The number of carbonyl (C=O) groups is 1. The molecule has 0 aromatic heterocycles. The summed E-state index contributed by atoms with van der Waals surface area (Å²) >= 11 is 1.12. The van der Waals surface area contributed by atoms with Crippen LogP contribution in [-0.2, 0) is 16.0 Å². The third-order valence-corrected chi connectivity index (χ3v) is 7.95. The second-order valence-electron chi connectivity index (χ2n) is 6.78. The molecule has 2 aliphatic heterocycles. The minimum atomic E-state index is -4.54. The normalized spacial score (nSPS) is 24.7. The summed E-state index contributed by atoms with van der Waals surface area (Å²) in [5.74, 6) is -0.830. The van der Waals surface area contributed by atoms with Gasteiger partial charge in [0.05, 0.1) is 23.1 Å². The molecular formula is C19H15F3N2O3S2. The molecule has 29 heavy (non-hydrogen) atoms. The van der Waals surface area contributed by atoms with E-state index >= 15 is 0 Å². The van der Waals surface area contributed by atoms with Crippen LogP contribution in [-0.4, -0.2) is 42.3 Å². The van der Waals surface area contributed by atoms with Crippen molar-refractivity contribution in [2.24, 2.45) is 4.99 Å². The molecule has 0 unspecified atom stereocenters. The van der Waals surface area contributed by atoms with Gasteiger partial charge in [-0.05, 0) is 30.3 Å². The third-order valence-electron chi connectivity index (χ3n) is 4.74. The molecule has 2 fully saturated rings. The fourth-order valence-corrected chi connectivity index (χ4v) is 7.34. The number of carbonyl (C=O) groups excluding carboxylic acids is 1. The van der Waals surface area contributed by atoms with Gasteiger partial charge in [-0.15, -0.1) is 0 Å². The Balaban J connectivity index is 1.76. The van der Waals surface area contributed by atoms with Gasteiger partial charge in [0.15, 0.2) is 15.0 Å². The quantitative estimate of drug-likeness (QED) is 0.714. The Morgan fingerprint density at radius 1 is 1.07 bits per heavy atom. The Morgan fingerprint density at radius 3 is 2.48 bits per heavy atom. The van der Waals surface area contributed by atoms with Crippen LogP contribution in [0.15, 0.2) is 59.6 Å². The summed E-state index contributed by atoms with van der Waals surface area (Å²) in [6, 6.07) is 12.3. The number of aliphatic imine (C=N–C) groups is 1. The number of alkyl halides is 3. The van der Waals surface area contributed by atoms with Gasteiger partial charge < -0.3 is 4.90 Å². The summed E-state index contributed by atoms with van der Waals surface area (Å²) in [6.07, 6.45) is -4.54. The minimum absolute atomic E-state index is 0.101. The van der Waals surface area contributed by atoms with Crippen molar-refractivity contribution in [2.45, 2.75) is 17.5 Å². The summed E-state index contributed by atoms with van der Waals surface area (Å²) in [5.41, 5.74) is -0.344. The fraction of sp³-hybridized carbons (Fsp3) is 0.263. The molecule has 0 spiro atoms. The number of hydrogen-bond donors (Lipinski definition) is 0. The number of hydrogen-bond acceptors (Lipinski definition) is 4. The van der Waals surface area contributed by atoms with Crippen molar-refractivity contribution in [1.29, 1.82) is 0 Å². The molecule has 0 aliphatic carbocycles. The highest BCUT2D eigenvalue weighted by molar-refractivity contribution is 8.16. The number of nitrogens with zero attached hydrogens (tertiary/aromatic N) is 2. The molecule has 10 heteroatoms. The van der Waals surface area contributed by atoms with Crippen molar-refractivity contribution in [3.63, 3.8) is 0 Å². The van der Waals surface area contributed by atoms with Gasteiger partial charge in [-0.2, -0.15) is 18.2 Å². The highest BCUT2D eigenvalue weighted by atomic mass is 32.2. The van der Waals surface area contributed by atoms with E-state index in [1.807, 2.05) is 0 Å². The van der Waals surface area contributed by atoms with Crippen LogP contribution in [0, 0.1) is 0 Å². The van der Waals surface area contributed by atoms with Gasteiger partial charge in [0.1, 0.15) is 0 Å². The molecule has 0 N–H and O–H groups in total. The highest BCUT2D eigenvalue weighted by Gasteiger charge is 2.49. The van der Waals surface area contributed by atoms with Crippen molar-refractivity contribution in [1.82, 2.24) is 0 Å². The third kappa shape index (κ3) is 4.04. The zero-order valence-electron chi connectivity index (χ0n) is 14.8. The van der Waals surface area contributed by atoms with Crippen LogP contribution in [0.5, 0.6) is 0 Å². The Kier molecular flexibility index (Phi) is 4.94. The number of amidine groups is 1. The van der Waals surface area contributed by atoms with Crippen LogP contribution in [0.2, 0.25) is 0 Å². The molecule has 2 atom stereocenters. The van der Waals surface area contributed by atoms with Crippen LogP contribution in [0.4, 0.5) is 18.9 Å². The molecule has 0 saturated carbocycles. The predicted molar refractivity (Wildman–Crippen MR) is 106 cm³/mol. The Bertz CT molecular complexity index is 1090. The highest BCUT2D eigenvalue weighted by Crippen LogP contribution is 2.42. The first-order valence-electron chi connectivity index (χ1n) is 8.66. The number of thioether (sulfide) groups is 1. The molecule has 5 nitrogen and oxygen atoms in total. The number of amides is 1. The zero-order valence-corrected chi connectivity index (χ0v) is 16.5. The van der Waals surface area contributed by atoms with Gasteiger partial charge in [-0.3, -0.25) is 4.79 Å². The molecule has 2 heterocycles. The molecule has 152 valence electrons. The number of sulfone groups is 1. The van der Waals surface area contributed by atoms with Gasteiger partial charge in [0.2, 0.25) is 0 Å². The summed E-state index contributed by atoms with van der Waals surface area (Å²) in [7, 11) is -3.31. The van der Waals surface area contributed by atoms with E-state index in [-0.39, 0.29) is 22.4 Å². The number of rotatable bonds is 2. The fourth-order valence-electron chi connectivity index (χ4n) is 3.43. The lowest BCUT2D eigenvalue weighted by Crippen LogP contribution is -2.37. The molecule has 0 radical (unpaired) electrons. The lowest BCUT2D eigenvalue weighted by Gasteiger charge is -2.25. The Labute approximate surface area is 169 Å². The molecule has 2 aromatic carbocycles. The minimum Gasteiger partial charge on any atom is -0.316 e. The van der Waals surface area contributed by atoms with Crippen molar-refractivity contribution in [3.05, 3.63) is 65.7 Å².